The molecular formula is C10H9Ti. The molecule has 53 valence electrons. The molecule has 1 aromatic rings. The Labute approximate surface area is 78.7 Å². The zero-order chi connectivity index (χ0) is 7.90. The van der Waals surface area contributed by atoms with Gasteiger partial charge in [0.05, 0.1) is 0 Å². The quantitative estimate of drug-likeness (QED) is 0.534. The first kappa shape index (κ1) is 7.33. The third-order valence-corrected chi connectivity index (χ3v) is 2.80. The molecule has 0 heterocycles. The van der Waals surface area contributed by atoms with Crippen molar-refractivity contribution in [3.63, 3.8) is 0 Å². The Kier molecular flexibility index (Phi) is 1.55. The molecule has 0 nitrogen and oxygen atoms in total. The second-order valence-electron chi connectivity index (χ2n) is 3.12. The van der Waals surface area contributed by atoms with Crippen LogP contribution in [0.4, 0.5) is 0 Å². The van der Waals surface area contributed by atoms with Crippen molar-refractivity contribution in [2.45, 2.75) is 10.6 Å². The Morgan fingerprint density at radius 3 is 2.73 bits per heavy atom. The number of rotatable bonds is 0. The molecule has 0 N–H and O–H groups in total. The Hall–Kier alpha value is -0.326. The van der Waals surface area contributed by atoms with Crippen LogP contribution in [0.2, 0.25) is 0 Å². The van der Waals surface area contributed by atoms with Crippen LogP contribution in [-0.2, 0) is 24.2 Å². The average molecular weight is 177 g/mol. The zero-order valence-electron chi connectivity index (χ0n) is 6.46. The Balaban J connectivity index is 2.64. The van der Waals surface area contributed by atoms with Crippen molar-refractivity contribution in [1.29, 1.82) is 0 Å². The van der Waals surface area contributed by atoms with Gasteiger partial charge in [-0.2, -0.15) is 0 Å². The van der Waals surface area contributed by atoms with Crippen LogP contribution in [0.1, 0.15) is 18.1 Å². The van der Waals surface area contributed by atoms with Gasteiger partial charge in [0.15, 0.2) is 0 Å². The third-order valence-electron chi connectivity index (χ3n) is 2.12. The predicted octanol–water partition coefficient (Wildman–Crippen LogP) is 2.48. The fraction of sp³-hybridized carbons (Fsp3) is 0.200. The standard InChI is InChI=1S/C10H9.Ti/c1-8-6-7-9-4-2-3-5-10(8)9;/h2-7H,1H3;. The molecule has 11 heavy (non-hydrogen) atoms. The van der Waals surface area contributed by atoms with E-state index in [0.29, 0.717) is 0 Å². The van der Waals surface area contributed by atoms with E-state index in [0.717, 1.165) is 0 Å². The molecule has 0 saturated heterocycles. The van der Waals surface area contributed by atoms with Crippen LogP contribution >= 0.6 is 0 Å². The van der Waals surface area contributed by atoms with Gasteiger partial charge in [-0.1, -0.05) is 0 Å². The molecule has 1 unspecified atom stereocenters. The molecule has 0 saturated carbocycles. The van der Waals surface area contributed by atoms with Crippen molar-refractivity contribution in [3.8, 4) is 0 Å². The van der Waals surface area contributed by atoms with E-state index in [9.17, 15) is 0 Å². The van der Waals surface area contributed by atoms with Crippen molar-refractivity contribution in [2.75, 3.05) is 0 Å². The maximum absolute atomic E-state index is 2.26. The molecule has 0 aromatic heterocycles. The second-order valence-corrected chi connectivity index (χ2v) is 4.74. The predicted molar refractivity (Wildman–Crippen MR) is 42.8 cm³/mol. The van der Waals surface area contributed by atoms with E-state index >= 15 is 0 Å². The first-order chi connectivity index (χ1) is 5.20. The minimum absolute atomic E-state index is 0.247. The number of hydrogen-bond donors (Lipinski definition) is 0. The summed E-state index contributed by atoms with van der Waals surface area (Å²) in [5.41, 5.74) is 2.82. The van der Waals surface area contributed by atoms with Crippen LogP contribution < -0.4 is 0 Å². The summed E-state index contributed by atoms with van der Waals surface area (Å²) >= 11 is 2.25. The van der Waals surface area contributed by atoms with Crippen molar-refractivity contribution >= 4 is 6.08 Å². The Bertz CT molecular complexity index is 310. The van der Waals surface area contributed by atoms with E-state index in [1.54, 1.807) is 0 Å². The SMILES string of the molecule is C[C]1([Ti])C=Cc2ccccc21. The maximum atomic E-state index is 2.26. The number of allylic oxidation sites excluding steroid dienone is 1. The summed E-state index contributed by atoms with van der Waals surface area (Å²) in [6.45, 7) is 2.25. The van der Waals surface area contributed by atoms with Crippen LogP contribution in [0, 0.1) is 0 Å². The van der Waals surface area contributed by atoms with E-state index in [1.165, 1.54) is 11.1 Å². The molecule has 1 aliphatic carbocycles. The first-order valence-corrected chi connectivity index (χ1v) is 4.52. The van der Waals surface area contributed by atoms with Gasteiger partial charge in [0, 0.05) is 0 Å². The summed E-state index contributed by atoms with van der Waals surface area (Å²) in [7, 11) is 0. The van der Waals surface area contributed by atoms with Gasteiger partial charge in [-0.3, -0.25) is 0 Å². The van der Waals surface area contributed by atoms with Crippen LogP contribution in [0.25, 0.3) is 6.08 Å². The fourth-order valence-electron chi connectivity index (χ4n) is 1.46. The molecule has 1 aromatic carbocycles. The molecule has 0 spiro atoms. The molecular weight excluding hydrogens is 168 g/mol. The number of fused-ring (bicyclic) bond motifs is 1. The topological polar surface area (TPSA) is 0 Å². The summed E-state index contributed by atoms with van der Waals surface area (Å²) in [5.74, 6) is 0. The Morgan fingerprint density at radius 1 is 1.27 bits per heavy atom. The van der Waals surface area contributed by atoms with Crippen molar-refractivity contribution < 1.29 is 20.4 Å². The molecule has 0 aliphatic heterocycles. The van der Waals surface area contributed by atoms with Crippen LogP contribution in [-0.4, -0.2) is 0 Å². The molecule has 1 aliphatic rings. The van der Waals surface area contributed by atoms with Gasteiger partial charge in [0.1, 0.15) is 0 Å². The molecule has 1 atom stereocenters. The number of hydrogen-bond acceptors (Lipinski definition) is 0. The third kappa shape index (κ3) is 1.11. The van der Waals surface area contributed by atoms with Crippen LogP contribution in [0.3, 0.4) is 0 Å². The van der Waals surface area contributed by atoms with E-state index in [4.69, 9.17) is 0 Å². The van der Waals surface area contributed by atoms with Gasteiger partial charge in [-0.15, -0.1) is 0 Å². The van der Waals surface area contributed by atoms with E-state index in [2.05, 4.69) is 63.8 Å². The van der Waals surface area contributed by atoms with E-state index < -0.39 is 0 Å². The van der Waals surface area contributed by atoms with Crippen LogP contribution in [0.15, 0.2) is 30.3 Å². The van der Waals surface area contributed by atoms with Gasteiger partial charge >= 0.3 is 78.6 Å². The van der Waals surface area contributed by atoms with Gasteiger partial charge < -0.3 is 0 Å². The normalized spacial score (nSPS) is 26.9. The molecule has 1 heteroatoms. The van der Waals surface area contributed by atoms with Gasteiger partial charge in [-0.25, -0.2) is 0 Å². The second kappa shape index (κ2) is 2.33. The van der Waals surface area contributed by atoms with Gasteiger partial charge in [0.25, 0.3) is 0 Å². The van der Waals surface area contributed by atoms with E-state index in [1.807, 2.05) is 0 Å². The van der Waals surface area contributed by atoms with Crippen molar-refractivity contribution in [3.05, 3.63) is 41.5 Å². The Morgan fingerprint density at radius 2 is 2.00 bits per heavy atom. The minimum atomic E-state index is 0.247. The first-order valence-electron chi connectivity index (χ1n) is 3.74. The van der Waals surface area contributed by atoms with Crippen molar-refractivity contribution in [1.82, 2.24) is 0 Å². The van der Waals surface area contributed by atoms with Crippen LogP contribution in [0.5, 0.6) is 0 Å². The summed E-state index contributed by atoms with van der Waals surface area (Å²) in [6, 6.07) is 8.56. The molecule has 0 fully saturated rings. The van der Waals surface area contributed by atoms with E-state index in [-0.39, 0.29) is 3.72 Å². The molecule has 2 rings (SSSR count). The summed E-state index contributed by atoms with van der Waals surface area (Å²) < 4.78 is 0.247. The summed E-state index contributed by atoms with van der Waals surface area (Å²) in [5, 5.41) is 0. The molecule has 0 amide bonds. The summed E-state index contributed by atoms with van der Waals surface area (Å²) in [4.78, 5) is 0. The fourth-order valence-corrected chi connectivity index (χ4v) is 1.95. The van der Waals surface area contributed by atoms with Gasteiger partial charge in [-0.05, 0) is 0 Å². The van der Waals surface area contributed by atoms with Crippen molar-refractivity contribution in [2.24, 2.45) is 0 Å². The average Bonchev–Trinajstić information content (AvgIpc) is 2.29. The molecule has 0 radical (unpaired) electrons. The number of benzene rings is 1. The zero-order valence-corrected chi connectivity index (χ0v) is 8.03. The summed E-state index contributed by atoms with van der Waals surface area (Å²) in [6.07, 6.45) is 4.47. The monoisotopic (exact) mass is 177 g/mol. The van der Waals surface area contributed by atoms with Gasteiger partial charge in [0.2, 0.25) is 0 Å². The molecule has 0 bridgehead atoms.